The summed E-state index contributed by atoms with van der Waals surface area (Å²) in [6, 6.07) is 0. The average Bonchev–Trinajstić information content (AvgIpc) is 2.26. The van der Waals surface area contributed by atoms with E-state index in [4.69, 9.17) is 5.11 Å². The molecular weight excluding hydrogens is 266 g/mol. The third kappa shape index (κ3) is 3.03. The molecule has 1 rings (SSSR count). The van der Waals surface area contributed by atoms with Crippen molar-refractivity contribution < 1.29 is 31.4 Å². The largest absolute Gasteiger partial charge is 0.395 e. The second-order valence-corrected chi connectivity index (χ2v) is 3.23. The predicted octanol–water partition coefficient (Wildman–Crippen LogP) is 1.70. The van der Waals surface area contributed by atoms with Gasteiger partial charge in [-0.3, -0.25) is 0 Å². The number of nitrogens with zero attached hydrogens (tertiary/aromatic N) is 2. The Morgan fingerprint density at radius 3 is 1.94 bits per heavy atom. The van der Waals surface area contributed by atoms with Crippen molar-refractivity contribution in [1.82, 2.24) is 4.98 Å². The lowest BCUT2D eigenvalue weighted by atomic mass is 10.3. The van der Waals surface area contributed by atoms with Crippen LogP contribution in [0.25, 0.3) is 0 Å². The molecule has 0 bridgehead atoms. The van der Waals surface area contributed by atoms with E-state index in [-0.39, 0.29) is 0 Å². The summed E-state index contributed by atoms with van der Waals surface area (Å²) in [6.45, 7) is -2.52. The zero-order valence-corrected chi connectivity index (χ0v) is 8.81. The van der Waals surface area contributed by atoms with Crippen molar-refractivity contribution in [2.75, 3.05) is 24.6 Å². The highest BCUT2D eigenvalue weighted by molar-refractivity contribution is 5.48. The van der Waals surface area contributed by atoms with Gasteiger partial charge in [0.1, 0.15) is 5.69 Å². The Morgan fingerprint density at radius 1 is 1.06 bits per heavy atom. The van der Waals surface area contributed by atoms with E-state index in [0.717, 1.165) is 0 Å². The van der Waals surface area contributed by atoms with Gasteiger partial charge < -0.3 is 10.0 Å². The average molecular weight is 274 g/mol. The molecule has 0 atom stereocenters. The number of alkyl halides is 2. The van der Waals surface area contributed by atoms with Gasteiger partial charge in [-0.1, -0.05) is 0 Å². The Bertz CT molecular complexity index is 402. The fourth-order valence-corrected chi connectivity index (χ4v) is 1.34. The zero-order valence-electron chi connectivity index (χ0n) is 8.81. The highest BCUT2D eigenvalue weighted by atomic mass is 19.3. The van der Waals surface area contributed by atoms with E-state index in [1.807, 2.05) is 0 Å². The number of aliphatic hydroxyl groups is 1. The Morgan fingerprint density at radius 2 is 1.56 bits per heavy atom. The minimum absolute atomic E-state index is 0.309. The summed E-state index contributed by atoms with van der Waals surface area (Å²) in [5.74, 6) is -7.66. The van der Waals surface area contributed by atoms with E-state index >= 15 is 0 Å². The van der Waals surface area contributed by atoms with Crippen LogP contribution in [0.1, 0.15) is 0 Å². The van der Waals surface area contributed by atoms with E-state index in [9.17, 15) is 26.3 Å². The summed E-state index contributed by atoms with van der Waals surface area (Å²) in [5, 5.41) is 8.60. The first-order valence-electron chi connectivity index (χ1n) is 4.72. The van der Waals surface area contributed by atoms with Crippen molar-refractivity contribution in [3.05, 3.63) is 23.5 Å². The van der Waals surface area contributed by atoms with Gasteiger partial charge >= 0.3 is 0 Å². The van der Waals surface area contributed by atoms with E-state index < -0.39 is 55.3 Å². The summed E-state index contributed by atoms with van der Waals surface area (Å²) in [4.78, 5) is 2.60. The number of halogens is 6. The lowest BCUT2D eigenvalue weighted by Crippen LogP contribution is -2.33. The lowest BCUT2D eigenvalue weighted by Gasteiger charge is -2.24. The summed E-state index contributed by atoms with van der Waals surface area (Å²) in [5.41, 5.74) is -1.31. The quantitative estimate of drug-likeness (QED) is 0.656. The standard InChI is InChI=1S/C9H8F6N2O/c10-4(11)3-17(1-2-18)7-5(12)8(14)16-9(15)6(7)13/h4,18H,1-3H2. The molecule has 0 amide bonds. The molecular formula is C9H8F6N2O. The number of pyridine rings is 1. The van der Waals surface area contributed by atoms with Gasteiger partial charge in [0.2, 0.25) is 11.6 Å². The van der Waals surface area contributed by atoms with Crippen molar-refractivity contribution in [1.29, 1.82) is 0 Å². The topological polar surface area (TPSA) is 36.4 Å². The molecule has 0 saturated carbocycles. The van der Waals surface area contributed by atoms with Gasteiger partial charge in [0.15, 0.2) is 0 Å². The molecule has 18 heavy (non-hydrogen) atoms. The first-order valence-corrected chi connectivity index (χ1v) is 4.72. The van der Waals surface area contributed by atoms with Crippen LogP contribution in [0.3, 0.4) is 0 Å². The second-order valence-electron chi connectivity index (χ2n) is 3.23. The molecule has 0 aliphatic carbocycles. The van der Waals surface area contributed by atoms with Crippen LogP contribution in [-0.2, 0) is 0 Å². The van der Waals surface area contributed by atoms with Crippen LogP contribution in [0, 0.1) is 23.5 Å². The van der Waals surface area contributed by atoms with Crippen molar-refractivity contribution in [2.45, 2.75) is 6.43 Å². The van der Waals surface area contributed by atoms with E-state index in [1.165, 1.54) is 0 Å². The van der Waals surface area contributed by atoms with E-state index in [2.05, 4.69) is 4.98 Å². The molecule has 0 aliphatic heterocycles. The normalized spacial score (nSPS) is 11.1. The first kappa shape index (κ1) is 14.6. The van der Waals surface area contributed by atoms with Gasteiger partial charge in [0, 0.05) is 6.54 Å². The number of rotatable bonds is 5. The van der Waals surface area contributed by atoms with Crippen molar-refractivity contribution in [3.63, 3.8) is 0 Å². The highest BCUT2D eigenvalue weighted by Crippen LogP contribution is 2.26. The maximum absolute atomic E-state index is 13.3. The molecule has 3 nitrogen and oxygen atoms in total. The molecule has 1 N–H and O–H groups in total. The lowest BCUT2D eigenvalue weighted by molar-refractivity contribution is 0.152. The minimum atomic E-state index is -3.00. The molecule has 9 heteroatoms. The minimum Gasteiger partial charge on any atom is -0.395 e. The fraction of sp³-hybridized carbons (Fsp3) is 0.444. The van der Waals surface area contributed by atoms with Gasteiger partial charge in [0.05, 0.1) is 13.2 Å². The van der Waals surface area contributed by atoms with Gasteiger partial charge in [-0.15, -0.1) is 0 Å². The predicted molar refractivity (Wildman–Crippen MR) is 49.4 cm³/mol. The molecule has 0 spiro atoms. The first-order chi connectivity index (χ1) is 8.38. The summed E-state index contributed by atoms with van der Waals surface area (Å²) in [6.07, 6.45) is -3.00. The van der Waals surface area contributed by atoms with Crippen molar-refractivity contribution in [3.8, 4) is 0 Å². The monoisotopic (exact) mass is 274 g/mol. The summed E-state index contributed by atoms with van der Waals surface area (Å²) in [7, 11) is 0. The summed E-state index contributed by atoms with van der Waals surface area (Å²) < 4.78 is 76.5. The maximum Gasteiger partial charge on any atom is 0.255 e. The Balaban J connectivity index is 3.25. The molecule has 0 fully saturated rings. The molecule has 0 aliphatic rings. The molecule has 102 valence electrons. The Labute approximate surface area is 97.7 Å². The van der Waals surface area contributed by atoms with Crippen LogP contribution in [-0.4, -0.2) is 36.2 Å². The Hall–Kier alpha value is -1.51. The van der Waals surface area contributed by atoms with Crippen LogP contribution in [0.4, 0.5) is 32.0 Å². The third-order valence-electron chi connectivity index (χ3n) is 2.02. The second kappa shape index (κ2) is 5.89. The molecule has 1 aromatic heterocycles. The zero-order chi connectivity index (χ0) is 13.9. The number of aliphatic hydroxyl groups excluding tert-OH is 1. The van der Waals surface area contributed by atoms with Gasteiger partial charge in [-0.05, 0) is 0 Å². The van der Waals surface area contributed by atoms with Crippen LogP contribution in [0.2, 0.25) is 0 Å². The molecule has 0 saturated heterocycles. The van der Waals surface area contributed by atoms with Gasteiger partial charge in [0.25, 0.3) is 18.3 Å². The molecule has 0 aromatic carbocycles. The number of aromatic nitrogens is 1. The number of anilines is 1. The van der Waals surface area contributed by atoms with Crippen LogP contribution < -0.4 is 4.90 Å². The smallest absolute Gasteiger partial charge is 0.255 e. The molecule has 1 heterocycles. The Kier molecular flexibility index (Phi) is 4.76. The van der Waals surface area contributed by atoms with Crippen molar-refractivity contribution in [2.24, 2.45) is 0 Å². The molecule has 0 unspecified atom stereocenters. The summed E-state index contributed by atoms with van der Waals surface area (Å²) >= 11 is 0. The molecule has 0 radical (unpaired) electrons. The SMILES string of the molecule is OCCN(CC(F)F)c1c(F)c(F)nc(F)c1F. The van der Waals surface area contributed by atoms with Crippen LogP contribution in [0.15, 0.2) is 0 Å². The van der Waals surface area contributed by atoms with Gasteiger partial charge in [-0.2, -0.15) is 22.5 Å². The van der Waals surface area contributed by atoms with E-state index in [1.54, 1.807) is 0 Å². The third-order valence-corrected chi connectivity index (χ3v) is 2.02. The van der Waals surface area contributed by atoms with E-state index in [0.29, 0.717) is 4.90 Å². The molecule has 1 aromatic rings. The van der Waals surface area contributed by atoms with Crippen LogP contribution in [0.5, 0.6) is 0 Å². The van der Waals surface area contributed by atoms with Crippen LogP contribution >= 0.6 is 0 Å². The maximum atomic E-state index is 13.3. The fourth-order valence-electron chi connectivity index (χ4n) is 1.34. The highest BCUT2D eigenvalue weighted by Gasteiger charge is 2.26. The van der Waals surface area contributed by atoms with Crippen molar-refractivity contribution >= 4 is 5.69 Å². The number of hydrogen-bond donors (Lipinski definition) is 1. The van der Waals surface area contributed by atoms with Gasteiger partial charge in [-0.25, -0.2) is 8.78 Å². The number of hydrogen-bond acceptors (Lipinski definition) is 3.